The summed E-state index contributed by atoms with van der Waals surface area (Å²) in [7, 11) is 5.76. The van der Waals surface area contributed by atoms with Gasteiger partial charge < -0.3 is 10.6 Å². The summed E-state index contributed by atoms with van der Waals surface area (Å²) in [6.45, 7) is 6.41. The van der Waals surface area contributed by atoms with Gasteiger partial charge in [-0.05, 0) is 96.2 Å². The molecule has 0 amide bonds. The summed E-state index contributed by atoms with van der Waals surface area (Å²) in [6, 6.07) is 13.2. The lowest BCUT2D eigenvalue weighted by Crippen LogP contribution is -2.04. The molecular weight excluding hydrogens is 342 g/mol. The summed E-state index contributed by atoms with van der Waals surface area (Å²) in [5.74, 6) is 0. The van der Waals surface area contributed by atoms with E-state index in [0.29, 0.717) is 0 Å². The fourth-order valence-corrected chi connectivity index (χ4v) is 3.76. The predicted molar refractivity (Wildman–Crippen MR) is 124 cm³/mol. The first kappa shape index (κ1) is 19.7. The first-order chi connectivity index (χ1) is 13.5. The largest absolute Gasteiger partial charge is 0.388 e. The first-order valence-electron chi connectivity index (χ1n) is 9.63. The molecule has 1 aliphatic rings. The molecule has 0 unspecified atom stereocenters. The van der Waals surface area contributed by atoms with Gasteiger partial charge in [-0.1, -0.05) is 18.2 Å². The fraction of sp³-hybridized carbons (Fsp3) is 0.240. The first-order valence-corrected chi connectivity index (χ1v) is 9.63. The third kappa shape index (κ3) is 3.79. The number of aliphatic imine (C=N–C) groups is 1. The van der Waals surface area contributed by atoms with E-state index in [4.69, 9.17) is 0 Å². The van der Waals surface area contributed by atoms with Crippen molar-refractivity contribution in [2.45, 2.75) is 20.8 Å². The van der Waals surface area contributed by atoms with Gasteiger partial charge in [0.2, 0.25) is 0 Å². The molecule has 0 aromatic heterocycles. The minimum Gasteiger partial charge on any atom is -0.388 e. The van der Waals surface area contributed by atoms with Crippen LogP contribution in [0.3, 0.4) is 0 Å². The third-order valence-electron chi connectivity index (χ3n) is 5.30. The Kier molecular flexibility index (Phi) is 5.84. The molecule has 2 aromatic carbocycles. The molecule has 1 aliphatic carbocycles. The highest BCUT2D eigenvalue weighted by Crippen LogP contribution is 2.34. The number of benzene rings is 2. The molecule has 0 fully saturated rings. The van der Waals surface area contributed by atoms with Crippen molar-refractivity contribution in [2.24, 2.45) is 4.99 Å². The maximum atomic E-state index is 4.36. The van der Waals surface area contributed by atoms with Crippen LogP contribution in [-0.2, 0) is 0 Å². The summed E-state index contributed by atoms with van der Waals surface area (Å²) >= 11 is 0. The Hall–Kier alpha value is -3.07. The lowest BCUT2D eigenvalue weighted by molar-refractivity contribution is 1.36. The molecular formula is C25H29N3. The second-order valence-corrected chi connectivity index (χ2v) is 7.16. The van der Waals surface area contributed by atoms with Crippen molar-refractivity contribution in [3.05, 3.63) is 88.0 Å². The lowest BCUT2D eigenvalue weighted by Gasteiger charge is -2.18. The van der Waals surface area contributed by atoms with Crippen LogP contribution in [-0.4, -0.2) is 26.9 Å². The number of hydrogen-bond donors (Lipinski definition) is 2. The average molecular weight is 372 g/mol. The number of nitrogens with one attached hydrogen (secondary N) is 2. The van der Waals surface area contributed by atoms with Crippen LogP contribution in [0.2, 0.25) is 0 Å². The average Bonchev–Trinajstić information content (AvgIpc) is 2.69. The predicted octanol–water partition coefficient (Wildman–Crippen LogP) is 5.78. The minimum atomic E-state index is 1.03. The van der Waals surface area contributed by atoms with Gasteiger partial charge in [0.25, 0.3) is 0 Å². The standard InChI is InChI=1S/C25H29N3/c1-16-13-19(7-10-22(16)26-4)25(20-8-11-23(27-5)17(2)14-20)21-9-12-24(28-6)18(3)15-21/h7-15,26-27H,1-6H3/b28-24+. The Labute approximate surface area is 168 Å². The maximum Gasteiger partial charge on any atom is 0.0600 e. The summed E-state index contributed by atoms with van der Waals surface area (Å²) in [5.41, 5.74) is 11.9. The summed E-state index contributed by atoms with van der Waals surface area (Å²) in [6.07, 6.45) is 6.52. The van der Waals surface area contributed by atoms with E-state index in [9.17, 15) is 0 Å². The van der Waals surface area contributed by atoms with Crippen molar-refractivity contribution >= 4 is 22.7 Å². The maximum absolute atomic E-state index is 4.36. The molecule has 0 radical (unpaired) electrons. The van der Waals surface area contributed by atoms with Crippen LogP contribution < -0.4 is 10.6 Å². The van der Waals surface area contributed by atoms with E-state index in [0.717, 1.165) is 17.1 Å². The Bertz CT molecular complexity index is 965. The highest BCUT2D eigenvalue weighted by Gasteiger charge is 2.15. The second kappa shape index (κ2) is 8.30. The normalized spacial score (nSPS) is 14.9. The topological polar surface area (TPSA) is 36.4 Å². The summed E-state index contributed by atoms with van der Waals surface area (Å²) in [4.78, 5) is 4.36. The van der Waals surface area contributed by atoms with Crippen LogP contribution in [0.15, 0.2) is 70.8 Å². The minimum absolute atomic E-state index is 1.03. The molecule has 2 N–H and O–H groups in total. The molecule has 3 heteroatoms. The number of aryl methyl sites for hydroxylation is 2. The molecule has 0 atom stereocenters. The smallest absolute Gasteiger partial charge is 0.0600 e. The van der Waals surface area contributed by atoms with Gasteiger partial charge in [-0.2, -0.15) is 0 Å². The number of rotatable bonds is 4. The van der Waals surface area contributed by atoms with Gasteiger partial charge in [0, 0.05) is 32.5 Å². The van der Waals surface area contributed by atoms with Crippen LogP contribution in [0, 0.1) is 13.8 Å². The Balaban J connectivity index is 2.25. The van der Waals surface area contributed by atoms with Gasteiger partial charge in [-0.15, -0.1) is 0 Å². The van der Waals surface area contributed by atoms with Gasteiger partial charge >= 0.3 is 0 Å². The van der Waals surface area contributed by atoms with Crippen LogP contribution in [0.25, 0.3) is 5.57 Å². The molecule has 3 rings (SSSR count). The molecule has 3 nitrogen and oxygen atoms in total. The highest BCUT2D eigenvalue weighted by molar-refractivity contribution is 6.10. The Morgan fingerprint density at radius 2 is 1.32 bits per heavy atom. The Morgan fingerprint density at radius 3 is 1.71 bits per heavy atom. The van der Waals surface area contributed by atoms with Gasteiger partial charge in [0.05, 0.1) is 5.71 Å². The van der Waals surface area contributed by atoms with Crippen LogP contribution >= 0.6 is 0 Å². The van der Waals surface area contributed by atoms with Crippen molar-refractivity contribution in [2.75, 3.05) is 31.8 Å². The molecule has 0 spiro atoms. The van der Waals surface area contributed by atoms with E-state index in [1.807, 2.05) is 21.1 Å². The van der Waals surface area contributed by atoms with Gasteiger partial charge in [0.1, 0.15) is 0 Å². The monoisotopic (exact) mass is 371 g/mol. The van der Waals surface area contributed by atoms with Gasteiger partial charge in [-0.25, -0.2) is 0 Å². The molecule has 0 aliphatic heterocycles. The summed E-state index contributed by atoms with van der Waals surface area (Å²) < 4.78 is 0. The quantitative estimate of drug-likeness (QED) is 0.715. The molecule has 0 saturated heterocycles. The van der Waals surface area contributed by atoms with Gasteiger partial charge in [-0.3, -0.25) is 4.99 Å². The molecule has 0 bridgehead atoms. The van der Waals surface area contributed by atoms with E-state index in [1.54, 1.807) is 0 Å². The van der Waals surface area contributed by atoms with Crippen molar-refractivity contribution < 1.29 is 0 Å². The van der Waals surface area contributed by atoms with Crippen LogP contribution in [0.1, 0.15) is 29.2 Å². The van der Waals surface area contributed by atoms with Crippen molar-refractivity contribution in [1.82, 2.24) is 0 Å². The second-order valence-electron chi connectivity index (χ2n) is 7.16. The lowest BCUT2D eigenvalue weighted by atomic mass is 9.87. The van der Waals surface area contributed by atoms with E-state index >= 15 is 0 Å². The van der Waals surface area contributed by atoms with Gasteiger partial charge in [0.15, 0.2) is 0 Å². The third-order valence-corrected chi connectivity index (χ3v) is 5.30. The number of nitrogens with zero attached hydrogens (tertiary/aromatic N) is 1. The van der Waals surface area contributed by atoms with E-state index in [-0.39, 0.29) is 0 Å². The zero-order valence-electron chi connectivity index (χ0n) is 17.6. The zero-order valence-corrected chi connectivity index (χ0v) is 17.6. The van der Waals surface area contributed by atoms with E-state index in [2.05, 4.69) is 91.0 Å². The molecule has 0 heterocycles. The molecule has 144 valence electrons. The van der Waals surface area contributed by atoms with E-state index in [1.165, 1.54) is 39.0 Å². The highest BCUT2D eigenvalue weighted by atomic mass is 14.8. The molecule has 0 saturated carbocycles. The number of hydrogen-bond acceptors (Lipinski definition) is 3. The van der Waals surface area contributed by atoms with Crippen LogP contribution in [0.5, 0.6) is 0 Å². The summed E-state index contributed by atoms with van der Waals surface area (Å²) in [5, 5.41) is 6.52. The van der Waals surface area contributed by atoms with E-state index < -0.39 is 0 Å². The van der Waals surface area contributed by atoms with Crippen molar-refractivity contribution in [3.8, 4) is 0 Å². The SMILES string of the molecule is C/N=C1\C=CC(=C(c2ccc(NC)c(C)c2)c2ccc(NC)c(C)c2)C=C1C. The zero-order chi connectivity index (χ0) is 20.3. The number of anilines is 2. The molecule has 28 heavy (non-hydrogen) atoms. The van der Waals surface area contributed by atoms with Crippen LogP contribution in [0.4, 0.5) is 11.4 Å². The fourth-order valence-electron chi connectivity index (χ4n) is 3.76. The Morgan fingerprint density at radius 1 is 0.786 bits per heavy atom. The molecule has 2 aromatic rings. The van der Waals surface area contributed by atoms with Crippen molar-refractivity contribution in [1.29, 1.82) is 0 Å². The number of allylic oxidation sites excluding steroid dienone is 5. The van der Waals surface area contributed by atoms with Crippen molar-refractivity contribution in [3.63, 3.8) is 0 Å².